The van der Waals surface area contributed by atoms with E-state index in [0.29, 0.717) is 18.5 Å². The van der Waals surface area contributed by atoms with Gasteiger partial charge in [-0.2, -0.15) is 0 Å². The number of ether oxygens (including phenoxy) is 1. The number of carbonyl (C=O) groups is 3. The summed E-state index contributed by atoms with van der Waals surface area (Å²) in [4.78, 5) is 33.6. The van der Waals surface area contributed by atoms with Gasteiger partial charge in [0, 0.05) is 19.2 Å². The average Bonchev–Trinajstić information content (AvgIpc) is 2.52. The first-order valence-corrected chi connectivity index (χ1v) is 7.30. The molecule has 0 aromatic heterocycles. The third-order valence-electron chi connectivity index (χ3n) is 3.22. The van der Waals surface area contributed by atoms with Crippen molar-refractivity contribution >= 4 is 23.5 Å². The molecular formula is C16H22N2O5. The molecule has 1 atom stereocenters. The number of anilines is 1. The zero-order chi connectivity index (χ0) is 17.2. The van der Waals surface area contributed by atoms with Crippen molar-refractivity contribution in [2.45, 2.75) is 32.3 Å². The number of carboxylic acid groups (broad SMARTS) is 1. The van der Waals surface area contributed by atoms with Crippen LogP contribution < -0.4 is 10.6 Å². The number of methoxy groups -OCH3 is 1. The van der Waals surface area contributed by atoms with Crippen molar-refractivity contribution in [2.75, 3.05) is 19.0 Å². The van der Waals surface area contributed by atoms with Gasteiger partial charge in [0.25, 0.3) is 0 Å². The highest BCUT2D eigenvalue weighted by atomic mass is 16.5. The van der Waals surface area contributed by atoms with Gasteiger partial charge < -0.3 is 20.5 Å². The molecule has 0 radical (unpaired) electrons. The van der Waals surface area contributed by atoms with Crippen LogP contribution >= 0.6 is 0 Å². The van der Waals surface area contributed by atoms with Gasteiger partial charge in [-0.25, -0.2) is 0 Å². The van der Waals surface area contributed by atoms with Crippen LogP contribution in [0.3, 0.4) is 0 Å². The predicted molar refractivity (Wildman–Crippen MR) is 85.1 cm³/mol. The molecule has 0 spiro atoms. The molecule has 0 saturated heterocycles. The van der Waals surface area contributed by atoms with E-state index >= 15 is 0 Å². The Balaban J connectivity index is 2.42. The summed E-state index contributed by atoms with van der Waals surface area (Å²) < 4.78 is 5.08. The van der Waals surface area contributed by atoms with E-state index in [-0.39, 0.29) is 24.3 Å². The number of hydrogen-bond acceptors (Lipinski definition) is 4. The van der Waals surface area contributed by atoms with Crippen LogP contribution in [0.4, 0.5) is 5.69 Å². The highest BCUT2D eigenvalue weighted by Gasteiger charge is 2.08. The van der Waals surface area contributed by atoms with Crippen molar-refractivity contribution in [3.8, 4) is 0 Å². The SMILES string of the molecule is COC(C)CCC(=O)Nc1ccc(CC(=O)NCC(=O)O)cc1. The molecule has 126 valence electrons. The zero-order valence-corrected chi connectivity index (χ0v) is 13.3. The molecule has 1 rings (SSSR count). The normalized spacial score (nSPS) is 11.6. The van der Waals surface area contributed by atoms with Gasteiger partial charge in [0.15, 0.2) is 0 Å². The Kier molecular flexibility index (Phi) is 7.76. The van der Waals surface area contributed by atoms with E-state index in [0.717, 1.165) is 5.56 Å². The van der Waals surface area contributed by atoms with Crippen molar-refractivity contribution in [1.82, 2.24) is 5.32 Å². The maximum Gasteiger partial charge on any atom is 0.322 e. The molecule has 23 heavy (non-hydrogen) atoms. The molecule has 0 aliphatic carbocycles. The molecule has 3 N–H and O–H groups in total. The van der Waals surface area contributed by atoms with E-state index in [9.17, 15) is 14.4 Å². The number of nitrogens with one attached hydrogen (secondary N) is 2. The zero-order valence-electron chi connectivity index (χ0n) is 13.3. The number of carbonyl (C=O) groups excluding carboxylic acids is 2. The number of rotatable bonds is 9. The molecule has 0 aliphatic heterocycles. The molecule has 1 unspecified atom stereocenters. The van der Waals surface area contributed by atoms with Gasteiger partial charge in [0.05, 0.1) is 12.5 Å². The fraction of sp³-hybridized carbons (Fsp3) is 0.438. The van der Waals surface area contributed by atoms with E-state index in [1.165, 1.54) is 0 Å². The number of benzene rings is 1. The van der Waals surface area contributed by atoms with Crippen LogP contribution in [0.2, 0.25) is 0 Å². The van der Waals surface area contributed by atoms with E-state index in [2.05, 4.69) is 10.6 Å². The van der Waals surface area contributed by atoms with Gasteiger partial charge in [-0.3, -0.25) is 14.4 Å². The van der Waals surface area contributed by atoms with Crippen molar-refractivity contribution in [1.29, 1.82) is 0 Å². The summed E-state index contributed by atoms with van der Waals surface area (Å²) in [5.41, 5.74) is 1.38. The topological polar surface area (TPSA) is 105 Å². The third-order valence-corrected chi connectivity index (χ3v) is 3.22. The Bertz CT molecular complexity index is 542. The maximum absolute atomic E-state index is 11.8. The second-order valence-corrected chi connectivity index (χ2v) is 5.18. The Hall–Kier alpha value is -2.41. The average molecular weight is 322 g/mol. The first-order valence-electron chi connectivity index (χ1n) is 7.30. The lowest BCUT2D eigenvalue weighted by Gasteiger charge is -2.10. The van der Waals surface area contributed by atoms with E-state index < -0.39 is 12.5 Å². The summed E-state index contributed by atoms with van der Waals surface area (Å²) in [6.07, 6.45) is 1.14. The third kappa shape index (κ3) is 7.96. The summed E-state index contributed by atoms with van der Waals surface area (Å²) in [6.45, 7) is 1.50. The van der Waals surface area contributed by atoms with Gasteiger partial charge in [0.2, 0.25) is 11.8 Å². The molecule has 7 nitrogen and oxygen atoms in total. The van der Waals surface area contributed by atoms with E-state index in [4.69, 9.17) is 9.84 Å². The molecule has 0 saturated carbocycles. The molecule has 1 aromatic rings. The maximum atomic E-state index is 11.8. The van der Waals surface area contributed by atoms with Crippen molar-refractivity contribution in [3.05, 3.63) is 29.8 Å². The monoisotopic (exact) mass is 322 g/mol. The second-order valence-electron chi connectivity index (χ2n) is 5.18. The van der Waals surface area contributed by atoms with Gasteiger partial charge in [-0.05, 0) is 31.0 Å². The number of hydrogen-bond donors (Lipinski definition) is 3. The quantitative estimate of drug-likeness (QED) is 0.633. The largest absolute Gasteiger partial charge is 0.480 e. The highest BCUT2D eigenvalue weighted by Crippen LogP contribution is 2.11. The Labute approximate surface area is 135 Å². The highest BCUT2D eigenvalue weighted by molar-refractivity contribution is 5.90. The standard InChI is InChI=1S/C16H22N2O5/c1-11(23-2)3-8-14(19)18-13-6-4-12(5-7-13)9-15(20)17-10-16(21)22/h4-7,11H,3,8-10H2,1-2H3,(H,17,20)(H,18,19)(H,21,22). The van der Waals surface area contributed by atoms with Gasteiger partial charge in [-0.15, -0.1) is 0 Å². The molecule has 0 aliphatic rings. The number of aliphatic carboxylic acids is 1. The second kappa shape index (κ2) is 9.58. The van der Waals surface area contributed by atoms with Crippen LogP contribution in [-0.2, 0) is 25.5 Å². The summed E-state index contributed by atoms with van der Waals surface area (Å²) >= 11 is 0. The van der Waals surface area contributed by atoms with Gasteiger partial charge in [-0.1, -0.05) is 12.1 Å². The van der Waals surface area contributed by atoms with Crippen LogP contribution in [0.1, 0.15) is 25.3 Å². The van der Waals surface area contributed by atoms with E-state index in [1.807, 2.05) is 6.92 Å². The summed E-state index contributed by atoms with van der Waals surface area (Å²) in [6, 6.07) is 6.84. The molecule has 7 heteroatoms. The minimum Gasteiger partial charge on any atom is -0.480 e. The Morgan fingerprint density at radius 3 is 2.39 bits per heavy atom. The smallest absolute Gasteiger partial charge is 0.322 e. The van der Waals surface area contributed by atoms with Gasteiger partial charge in [0.1, 0.15) is 6.54 Å². The van der Waals surface area contributed by atoms with Crippen LogP contribution in [0.15, 0.2) is 24.3 Å². The number of amides is 2. The molecule has 2 amide bonds. The Morgan fingerprint density at radius 1 is 1.17 bits per heavy atom. The minimum absolute atomic E-state index is 0.0347. The summed E-state index contributed by atoms with van der Waals surface area (Å²) in [5.74, 6) is -1.54. The molecule has 0 bridgehead atoms. The van der Waals surface area contributed by atoms with Crippen LogP contribution in [0.5, 0.6) is 0 Å². The summed E-state index contributed by atoms with van der Waals surface area (Å²) in [5, 5.41) is 13.5. The lowest BCUT2D eigenvalue weighted by atomic mass is 10.1. The lowest BCUT2D eigenvalue weighted by molar-refractivity contribution is -0.137. The fourth-order valence-electron chi connectivity index (χ4n) is 1.80. The minimum atomic E-state index is -1.08. The van der Waals surface area contributed by atoms with Crippen LogP contribution in [0.25, 0.3) is 0 Å². The molecule has 1 aromatic carbocycles. The number of carboxylic acids is 1. The van der Waals surface area contributed by atoms with Crippen molar-refractivity contribution in [3.63, 3.8) is 0 Å². The summed E-state index contributed by atoms with van der Waals surface area (Å²) in [7, 11) is 1.61. The predicted octanol–water partition coefficient (Wildman–Crippen LogP) is 1.18. The lowest BCUT2D eigenvalue weighted by Crippen LogP contribution is -2.30. The van der Waals surface area contributed by atoms with Crippen molar-refractivity contribution < 1.29 is 24.2 Å². The fourth-order valence-corrected chi connectivity index (χ4v) is 1.80. The molecular weight excluding hydrogens is 300 g/mol. The Morgan fingerprint density at radius 2 is 1.83 bits per heavy atom. The van der Waals surface area contributed by atoms with Crippen LogP contribution in [0, 0.1) is 0 Å². The van der Waals surface area contributed by atoms with E-state index in [1.54, 1.807) is 31.4 Å². The van der Waals surface area contributed by atoms with Gasteiger partial charge >= 0.3 is 5.97 Å². The van der Waals surface area contributed by atoms with Crippen LogP contribution in [-0.4, -0.2) is 42.6 Å². The molecule has 0 heterocycles. The van der Waals surface area contributed by atoms with Crippen molar-refractivity contribution in [2.24, 2.45) is 0 Å². The first-order chi connectivity index (χ1) is 10.9. The molecule has 0 fully saturated rings. The first kappa shape index (κ1) is 18.6.